The first-order valence-electron chi connectivity index (χ1n) is 12.4. The average Bonchev–Trinajstić information content (AvgIpc) is 2.70. The molecule has 0 aliphatic carbocycles. The minimum absolute atomic E-state index is 0. The Hall–Kier alpha value is -0.790. The van der Waals surface area contributed by atoms with Gasteiger partial charge in [-0.3, -0.25) is 0 Å². The SMILES string of the molecule is C=Cc1ccc(CCCCCCCCCCCCCCCCCC)c(C)c1C.Cl.N. The Balaban J connectivity index is 0. The highest BCUT2D eigenvalue weighted by molar-refractivity contribution is 5.85. The van der Waals surface area contributed by atoms with Gasteiger partial charge in [0.1, 0.15) is 0 Å². The van der Waals surface area contributed by atoms with E-state index in [1.165, 1.54) is 131 Å². The zero-order valence-corrected chi connectivity index (χ0v) is 21.4. The largest absolute Gasteiger partial charge is 0.344 e. The highest BCUT2D eigenvalue weighted by Gasteiger charge is 2.04. The maximum Gasteiger partial charge on any atom is -0.0230 e. The lowest BCUT2D eigenvalue weighted by Crippen LogP contribution is -1.95. The summed E-state index contributed by atoms with van der Waals surface area (Å²) in [5, 5.41) is 0. The predicted molar refractivity (Wildman–Crippen MR) is 142 cm³/mol. The molecule has 176 valence electrons. The third-order valence-electron chi connectivity index (χ3n) is 6.46. The number of aryl methyl sites for hydroxylation is 1. The summed E-state index contributed by atoms with van der Waals surface area (Å²) in [4.78, 5) is 0. The Morgan fingerprint density at radius 1 is 0.633 bits per heavy atom. The van der Waals surface area contributed by atoms with Crippen molar-refractivity contribution in [3.05, 3.63) is 41.0 Å². The van der Waals surface area contributed by atoms with E-state index in [1.54, 1.807) is 0 Å². The molecule has 0 aliphatic heterocycles. The molecular weight excluding hydrogens is 386 g/mol. The van der Waals surface area contributed by atoms with Crippen LogP contribution in [-0.4, -0.2) is 0 Å². The number of hydrogen-bond donors (Lipinski definition) is 1. The minimum Gasteiger partial charge on any atom is -0.344 e. The molecule has 0 saturated heterocycles. The fourth-order valence-electron chi connectivity index (χ4n) is 4.25. The van der Waals surface area contributed by atoms with Crippen molar-refractivity contribution in [1.29, 1.82) is 0 Å². The van der Waals surface area contributed by atoms with Crippen LogP contribution in [0.1, 0.15) is 132 Å². The van der Waals surface area contributed by atoms with E-state index in [0.717, 1.165) is 0 Å². The smallest absolute Gasteiger partial charge is 0.0230 e. The van der Waals surface area contributed by atoms with Crippen molar-refractivity contribution in [3.8, 4) is 0 Å². The van der Waals surface area contributed by atoms with E-state index in [0.29, 0.717) is 0 Å². The van der Waals surface area contributed by atoms with E-state index >= 15 is 0 Å². The van der Waals surface area contributed by atoms with Crippen molar-refractivity contribution in [3.63, 3.8) is 0 Å². The summed E-state index contributed by atoms with van der Waals surface area (Å²) in [6, 6.07) is 4.54. The van der Waals surface area contributed by atoms with Gasteiger partial charge in [-0.15, -0.1) is 12.4 Å². The minimum atomic E-state index is 0. The molecule has 1 nitrogen and oxygen atoms in total. The third-order valence-corrected chi connectivity index (χ3v) is 6.46. The molecular formula is C28H52ClN. The van der Waals surface area contributed by atoms with Crippen LogP contribution < -0.4 is 6.15 Å². The standard InChI is InChI=1S/C28H48.ClH.H3N/c1-5-7-8-9-10-11-12-13-14-15-16-17-18-19-20-21-22-28-24-23-27(6-2)25(3)26(28)4;;/h6,23-24H,2,5,7-22H2,1,3-4H3;1H;1H3. The molecule has 0 aliphatic rings. The maximum absolute atomic E-state index is 3.91. The highest BCUT2D eigenvalue weighted by Crippen LogP contribution is 2.21. The van der Waals surface area contributed by atoms with Gasteiger partial charge in [0.25, 0.3) is 0 Å². The first-order chi connectivity index (χ1) is 13.7. The van der Waals surface area contributed by atoms with Crippen LogP contribution in [0.3, 0.4) is 0 Å². The molecule has 0 saturated carbocycles. The molecule has 1 aromatic rings. The lowest BCUT2D eigenvalue weighted by molar-refractivity contribution is 0.529. The molecule has 0 radical (unpaired) electrons. The lowest BCUT2D eigenvalue weighted by Gasteiger charge is -2.11. The van der Waals surface area contributed by atoms with Crippen molar-refractivity contribution >= 4 is 18.5 Å². The van der Waals surface area contributed by atoms with Gasteiger partial charge in [-0.1, -0.05) is 128 Å². The summed E-state index contributed by atoms with van der Waals surface area (Å²) in [7, 11) is 0. The zero-order chi connectivity index (χ0) is 20.5. The molecule has 0 spiro atoms. The van der Waals surface area contributed by atoms with Gasteiger partial charge in [0.2, 0.25) is 0 Å². The van der Waals surface area contributed by atoms with Crippen LogP contribution in [0.15, 0.2) is 18.7 Å². The van der Waals surface area contributed by atoms with Gasteiger partial charge in [0, 0.05) is 0 Å². The van der Waals surface area contributed by atoms with Gasteiger partial charge in [-0.25, -0.2) is 0 Å². The number of hydrogen-bond acceptors (Lipinski definition) is 1. The zero-order valence-electron chi connectivity index (χ0n) is 20.6. The molecule has 0 amide bonds. The number of benzene rings is 1. The van der Waals surface area contributed by atoms with Gasteiger partial charge in [0.05, 0.1) is 0 Å². The number of rotatable bonds is 18. The Labute approximate surface area is 195 Å². The van der Waals surface area contributed by atoms with E-state index in [2.05, 4.69) is 39.5 Å². The molecule has 1 aromatic carbocycles. The molecule has 0 bridgehead atoms. The quantitative estimate of drug-likeness (QED) is 0.227. The van der Waals surface area contributed by atoms with Crippen molar-refractivity contribution in [1.82, 2.24) is 6.15 Å². The average molecular weight is 438 g/mol. The second-order valence-corrected chi connectivity index (χ2v) is 8.82. The fourth-order valence-corrected chi connectivity index (χ4v) is 4.25. The van der Waals surface area contributed by atoms with Gasteiger partial charge in [-0.2, -0.15) is 0 Å². The number of unbranched alkanes of at least 4 members (excludes halogenated alkanes) is 15. The topological polar surface area (TPSA) is 35.0 Å². The normalized spacial score (nSPS) is 10.4. The first kappa shape index (κ1) is 31.4. The second-order valence-electron chi connectivity index (χ2n) is 8.82. The number of halogens is 1. The molecule has 3 N–H and O–H groups in total. The Bertz CT molecular complexity index is 524. The third kappa shape index (κ3) is 14.3. The summed E-state index contributed by atoms with van der Waals surface area (Å²) in [5.41, 5.74) is 5.70. The molecule has 0 unspecified atom stereocenters. The van der Waals surface area contributed by atoms with Gasteiger partial charge in [0.15, 0.2) is 0 Å². The van der Waals surface area contributed by atoms with Crippen LogP contribution in [0.4, 0.5) is 0 Å². The second kappa shape index (κ2) is 21.4. The highest BCUT2D eigenvalue weighted by atomic mass is 35.5. The van der Waals surface area contributed by atoms with Gasteiger partial charge in [-0.05, 0) is 48.9 Å². The molecule has 0 fully saturated rings. The van der Waals surface area contributed by atoms with Gasteiger partial charge >= 0.3 is 0 Å². The van der Waals surface area contributed by atoms with E-state index < -0.39 is 0 Å². The fraction of sp³-hybridized carbons (Fsp3) is 0.714. The Morgan fingerprint density at radius 2 is 1.03 bits per heavy atom. The molecule has 30 heavy (non-hydrogen) atoms. The maximum atomic E-state index is 3.91. The van der Waals surface area contributed by atoms with Crippen molar-refractivity contribution in [2.24, 2.45) is 0 Å². The van der Waals surface area contributed by atoms with E-state index in [4.69, 9.17) is 0 Å². The van der Waals surface area contributed by atoms with Crippen molar-refractivity contribution in [2.75, 3.05) is 0 Å². The van der Waals surface area contributed by atoms with Crippen molar-refractivity contribution in [2.45, 2.75) is 130 Å². The van der Waals surface area contributed by atoms with Gasteiger partial charge < -0.3 is 6.15 Å². The molecule has 0 heterocycles. The first-order valence-corrected chi connectivity index (χ1v) is 12.4. The Morgan fingerprint density at radius 3 is 1.43 bits per heavy atom. The molecule has 0 atom stereocenters. The lowest BCUT2D eigenvalue weighted by atomic mass is 9.94. The summed E-state index contributed by atoms with van der Waals surface area (Å²) in [5.74, 6) is 0. The van der Waals surface area contributed by atoms with Crippen LogP contribution in [0.2, 0.25) is 0 Å². The van der Waals surface area contributed by atoms with Crippen molar-refractivity contribution < 1.29 is 0 Å². The summed E-state index contributed by atoms with van der Waals surface area (Å²) in [6.07, 6.45) is 26.2. The Kier molecular flexibility index (Phi) is 22.4. The molecule has 2 heteroatoms. The summed E-state index contributed by atoms with van der Waals surface area (Å²) < 4.78 is 0. The van der Waals surface area contributed by atoms with E-state index in [1.807, 2.05) is 6.08 Å². The van der Waals surface area contributed by atoms with Crippen LogP contribution in [0.25, 0.3) is 6.08 Å². The van der Waals surface area contributed by atoms with E-state index in [9.17, 15) is 0 Å². The van der Waals surface area contributed by atoms with Crippen LogP contribution in [0.5, 0.6) is 0 Å². The van der Waals surface area contributed by atoms with Crippen LogP contribution in [0, 0.1) is 13.8 Å². The molecule has 1 rings (SSSR count). The van der Waals surface area contributed by atoms with E-state index in [-0.39, 0.29) is 18.6 Å². The predicted octanol–water partition coefficient (Wildman–Crippen LogP) is 10.3. The molecule has 0 aromatic heterocycles. The summed E-state index contributed by atoms with van der Waals surface area (Å²) >= 11 is 0. The summed E-state index contributed by atoms with van der Waals surface area (Å²) in [6.45, 7) is 10.7. The van der Waals surface area contributed by atoms with Crippen LogP contribution in [-0.2, 0) is 6.42 Å². The van der Waals surface area contributed by atoms with Crippen LogP contribution >= 0.6 is 12.4 Å². The monoisotopic (exact) mass is 437 g/mol.